The molecule has 0 spiro atoms. The SMILES string of the molecule is CCC1(Nc2cc(F)ncn2)CC1. The molecule has 0 atom stereocenters. The fourth-order valence-electron chi connectivity index (χ4n) is 1.39. The van der Waals surface area contributed by atoms with Crippen LogP contribution in [-0.4, -0.2) is 15.5 Å². The van der Waals surface area contributed by atoms with E-state index < -0.39 is 5.95 Å². The topological polar surface area (TPSA) is 37.8 Å². The molecule has 0 unspecified atom stereocenters. The lowest BCUT2D eigenvalue weighted by Crippen LogP contribution is -2.20. The van der Waals surface area contributed by atoms with Crippen LogP contribution in [0, 0.1) is 5.95 Å². The Hall–Kier alpha value is -1.19. The van der Waals surface area contributed by atoms with Gasteiger partial charge in [-0.25, -0.2) is 9.97 Å². The van der Waals surface area contributed by atoms with Crippen molar-refractivity contribution in [1.29, 1.82) is 0 Å². The lowest BCUT2D eigenvalue weighted by molar-refractivity contribution is 0.578. The smallest absolute Gasteiger partial charge is 0.217 e. The largest absolute Gasteiger partial charge is 0.364 e. The molecular formula is C9H12FN3. The first kappa shape index (κ1) is 8.41. The summed E-state index contributed by atoms with van der Waals surface area (Å²) in [4.78, 5) is 7.35. The van der Waals surface area contributed by atoms with E-state index in [-0.39, 0.29) is 5.54 Å². The average Bonchev–Trinajstić information content (AvgIpc) is 2.86. The van der Waals surface area contributed by atoms with Crippen LogP contribution in [-0.2, 0) is 0 Å². The number of nitrogens with one attached hydrogen (secondary N) is 1. The van der Waals surface area contributed by atoms with Gasteiger partial charge in [-0.2, -0.15) is 4.39 Å². The van der Waals surface area contributed by atoms with Crippen molar-refractivity contribution < 1.29 is 4.39 Å². The van der Waals surface area contributed by atoms with Crippen molar-refractivity contribution >= 4 is 5.82 Å². The molecule has 1 heterocycles. The molecule has 0 saturated heterocycles. The highest BCUT2D eigenvalue weighted by molar-refractivity contribution is 5.38. The van der Waals surface area contributed by atoms with Gasteiger partial charge in [0.15, 0.2) is 0 Å². The van der Waals surface area contributed by atoms with Crippen LogP contribution in [0.4, 0.5) is 10.2 Å². The Labute approximate surface area is 76.4 Å². The quantitative estimate of drug-likeness (QED) is 0.724. The van der Waals surface area contributed by atoms with E-state index >= 15 is 0 Å². The molecule has 1 N–H and O–H groups in total. The number of anilines is 1. The number of nitrogens with zero attached hydrogens (tertiary/aromatic N) is 2. The van der Waals surface area contributed by atoms with Gasteiger partial charge in [-0.05, 0) is 19.3 Å². The first-order chi connectivity index (χ1) is 6.24. The van der Waals surface area contributed by atoms with Gasteiger partial charge in [-0.15, -0.1) is 0 Å². The van der Waals surface area contributed by atoms with E-state index in [1.165, 1.54) is 12.4 Å². The standard InChI is InChI=1S/C9H12FN3/c1-2-9(3-4-9)13-8-5-7(10)11-6-12-8/h5-6H,2-4H2,1H3,(H,11,12,13). The number of hydrogen-bond acceptors (Lipinski definition) is 3. The van der Waals surface area contributed by atoms with Crippen LogP contribution in [0.1, 0.15) is 26.2 Å². The summed E-state index contributed by atoms with van der Waals surface area (Å²) in [6, 6.07) is 1.33. The van der Waals surface area contributed by atoms with Crippen molar-refractivity contribution in [2.24, 2.45) is 0 Å². The van der Waals surface area contributed by atoms with Crippen LogP contribution >= 0.6 is 0 Å². The third kappa shape index (κ3) is 1.76. The highest BCUT2D eigenvalue weighted by Crippen LogP contribution is 2.41. The Morgan fingerprint density at radius 1 is 1.54 bits per heavy atom. The number of aromatic nitrogens is 2. The van der Waals surface area contributed by atoms with Gasteiger partial charge in [0.05, 0.1) is 0 Å². The fraction of sp³-hybridized carbons (Fsp3) is 0.556. The highest BCUT2D eigenvalue weighted by Gasteiger charge is 2.40. The van der Waals surface area contributed by atoms with Gasteiger partial charge < -0.3 is 5.32 Å². The van der Waals surface area contributed by atoms with Gasteiger partial charge in [0.2, 0.25) is 5.95 Å². The minimum atomic E-state index is -0.482. The van der Waals surface area contributed by atoms with Gasteiger partial charge >= 0.3 is 0 Å². The molecule has 0 radical (unpaired) electrons. The number of halogens is 1. The normalized spacial score (nSPS) is 18.3. The van der Waals surface area contributed by atoms with Crippen LogP contribution in [0.15, 0.2) is 12.4 Å². The Kier molecular flexibility index (Phi) is 1.90. The average molecular weight is 181 g/mol. The summed E-state index contributed by atoms with van der Waals surface area (Å²) >= 11 is 0. The van der Waals surface area contributed by atoms with Crippen molar-refractivity contribution in [2.45, 2.75) is 31.7 Å². The molecule has 1 aliphatic rings. The monoisotopic (exact) mass is 181 g/mol. The van der Waals surface area contributed by atoms with Crippen LogP contribution in [0.5, 0.6) is 0 Å². The summed E-state index contributed by atoms with van der Waals surface area (Å²) in [6.07, 6.45) is 4.59. The Bertz CT molecular complexity index is 309. The zero-order chi connectivity index (χ0) is 9.31. The van der Waals surface area contributed by atoms with E-state index in [4.69, 9.17) is 0 Å². The summed E-state index contributed by atoms with van der Waals surface area (Å²) in [6.45, 7) is 2.12. The molecule has 0 bridgehead atoms. The molecule has 1 fully saturated rings. The fourth-order valence-corrected chi connectivity index (χ4v) is 1.39. The molecule has 0 aromatic carbocycles. The molecule has 70 valence electrons. The van der Waals surface area contributed by atoms with Gasteiger partial charge in [-0.3, -0.25) is 0 Å². The Morgan fingerprint density at radius 2 is 2.31 bits per heavy atom. The molecule has 1 aliphatic carbocycles. The van der Waals surface area contributed by atoms with Crippen LogP contribution in [0.25, 0.3) is 0 Å². The summed E-state index contributed by atoms with van der Waals surface area (Å²) in [7, 11) is 0. The predicted octanol–water partition coefficient (Wildman–Crippen LogP) is 1.97. The lowest BCUT2D eigenvalue weighted by Gasteiger charge is -2.14. The van der Waals surface area contributed by atoms with E-state index in [0.29, 0.717) is 5.82 Å². The van der Waals surface area contributed by atoms with Gasteiger partial charge in [0.1, 0.15) is 12.1 Å². The van der Waals surface area contributed by atoms with Crippen molar-refractivity contribution in [3.05, 3.63) is 18.3 Å². The van der Waals surface area contributed by atoms with E-state index in [0.717, 1.165) is 19.3 Å². The molecular weight excluding hydrogens is 169 g/mol. The molecule has 1 saturated carbocycles. The van der Waals surface area contributed by atoms with Crippen LogP contribution in [0.3, 0.4) is 0 Å². The van der Waals surface area contributed by atoms with Crippen LogP contribution < -0.4 is 5.32 Å². The van der Waals surface area contributed by atoms with E-state index in [9.17, 15) is 4.39 Å². The molecule has 3 nitrogen and oxygen atoms in total. The second-order valence-electron chi connectivity index (χ2n) is 3.48. The number of rotatable bonds is 3. The molecule has 1 aromatic heterocycles. The number of hydrogen-bond donors (Lipinski definition) is 1. The van der Waals surface area contributed by atoms with Crippen molar-refractivity contribution in [3.63, 3.8) is 0 Å². The molecule has 1 aromatic rings. The van der Waals surface area contributed by atoms with Gasteiger partial charge in [-0.1, -0.05) is 6.92 Å². The molecule has 2 rings (SSSR count). The molecule has 0 aliphatic heterocycles. The molecule has 0 amide bonds. The minimum absolute atomic E-state index is 0.181. The zero-order valence-electron chi connectivity index (χ0n) is 7.55. The van der Waals surface area contributed by atoms with Gasteiger partial charge in [0, 0.05) is 11.6 Å². The second kappa shape index (κ2) is 2.94. The van der Waals surface area contributed by atoms with E-state index in [1.54, 1.807) is 0 Å². The maximum atomic E-state index is 12.7. The molecule has 4 heteroatoms. The first-order valence-electron chi connectivity index (χ1n) is 4.50. The van der Waals surface area contributed by atoms with Crippen molar-refractivity contribution in [3.8, 4) is 0 Å². The first-order valence-corrected chi connectivity index (χ1v) is 4.50. The minimum Gasteiger partial charge on any atom is -0.364 e. The summed E-state index contributed by atoms with van der Waals surface area (Å²) in [5.74, 6) is 0.108. The lowest BCUT2D eigenvalue weighted by atomic mass is 10.2. The van der Waals surface area contributed by atoms with E-state index in [2.05, 4.69) is 22.2 Å². The Balaban J connectivity index is 2.09. The third-order valence-electron chi connectivity index (χ3n) is 2.56. The highest BCUT2D eigenvalue weighted by atomic mass is 19.1. The summed E-state index contributed by atoms with van der Waals surface area (Å²) in [5, 5.41) is 3.23. The van der Waals surface area contributed by atoms with Crippen molar-refractivity contribution in [2.75, 3.05) is 5.32 Å². The zero-order valence-corrected chi connectivity index (χ0v) is 7.55. The Morgan fingerprint density at radius 3 is 2.85 bits per heavy atom. The second-order valence-corrected chi connectivity index (χ2v) is 3.48. The van der Waals surface area contributed by atoms with Crippen LogP contribution in [0.2, 0.25) is 0 Å². The summed E-state index contributed by atoms with van der Waals surface area (Å²) < 4.78 is 12.7. The van der Waals surface area contributed by atoms with Gasteiger partial charge in [0.25, 0.3) is 0 Å². The van der Waals surface area contributed by atoms with E-state index in [1.807, 2.05) is 0 Å². The third-order valence-corrected chi connectivity index (χ3v) is 2.56. The predicted molar refractivity (Wildman–Crippen MR) is 47.9 cm³/mol. The maximum Gasteiger partial charge on any atom is 0.217 e. The maximum absolute atomic E-state index is 12.7. The molecule has 13 heavy (non-hydrogen) atoms. The van der Waals surface area contributed by atoms with Crippen molar-refractivity contribution in [1.82, 2.24) is 9.97 Å². The summed E-state index contributed by atoms with van der Waals surface area (Å²) in [5.41, 5.74) is 0.181.